The van der Waals surface area contributed by atoms with Gasteiger partial charge in [0.2, 0.25) is 0 Å². The number of hydrogen-bond acceptors (Lipinski definition) is 6. The molecule has 0 amide bonds. The molecule has 0 aliphatic heterocycles. The number of allylic oxidation sites excluding steroid dienone is 2. The molecule has 0 saturated heterocycles. The van der Waals surface area contributed by atoms with Crippen LogP contribution in [0.5, 0.6) is 5.75 Å². The highest BCUT2D eigenvalue weighted by Gasteiger charge is 2.27. The molecule has 1 aromatic carbocycles. The van der Waals surface area contributed by atoms with Crippen molar-refractivity contribution in [2.75, 3.05) is 12.4 Å². The Morgan fingerprint density at radius 1 is 1.29 bits per heavy atom. The SMILES string of the molecule is C/C=C(/C)c1nc(-c2ccc(-n3cccn3)cc2OC)c(C)nc1N[C@H]1CCC[C@@H]1O. The number of aromatic nitrogens is 4. The summed E-state index contributed by atoms with van der Waals surface area (Å²) in [5, 5.41) is 18.0. The molecule has 2 heterocycles. The van der Waals surface area contributed by atoms with Gasteiger partial charge in [0.15, 0.2) is 5.82 Å². The second-order valence-electron chi connectivity index (χ2n) is 7.91. The summed E-state index contributed by atoms with van der Waals surface area (Å²) >= 11 is 0. The number of anilines is 1. The lowest BCUT2D eigenvalue weighted by Crippen LogP contribution is -2.29. The quantitative estimate of drug-likeness (QED) is 0.616. The minimum absolute atomic E-state index is 0.00541. The lowest BCUT2D eigenvalue weighted by Gasteiger charge is -2.21. The van der Waals surface area contributed by atoms with Gasteiger partial charge in [-0.3, -0.25) is 0 Å². The van der Waals surface area contributed by atoms with Crippen LogP contribution >= 0.6 is 0 Å². The van der Waals surface area contributed by atoms with E-state index in [1.54, 1.807) is 18.0 Å². The van der Waals surface area contributed by atoms with Crippen molar-refractivity contribution >= 4 is 11.4 Å². The minimum Gasteiger partial charge on any atom is -0.496 e. The zero-order valence-electron chi connectivity index (χ0n) is 18.5. The summed E-state index contributed by atoms with van der Waals surface area (Å²) in [6.07, 6.45) is 8.08. The fraction of sp³-hybridized carbons (Fsp3) is 0.375. The molecular weight excluding hydrogens is 390 g/mol. The molecular formula is C24H29N5O2. The minimum atomic E-state index is -0.351. The molecule has 7 nitrogen and oxygen atoms in total. The number of aryl methyl sites for hydroxylation is 1. The van der Waals surface area contributed by atoms with Gasteiger partial charge in [-0.2, -0.15) is 5.10 Å². The molecule has 0 radical (unpaired) electrons. The van der Waals surface area contributed by atoms with E-state index in [4.69, 9.17) is 14.7 Å². The van der Waals surface area contributed by atoms with E-state index >= 15 is 0 Å². The average Bonchev–Trinajstić information content (AvgIpc) is 3.45. The summed E-state index contributed by atoms with van der Waals surface area (Å²) in [5.41, 5.74) is 5.18. The van der Waals surface area contributed by atoms with Gasteiger partial charge in [-0.25, -0.2) is 14.6 Å². The first-order chi connectivity index (χ1) is 15.0. The molecule has 0 bridgehead atoms. The summed E-state index contributed by atoms with van der Waals surface area (Å²) in [7, 11) is 1.66. The van der Waals surface area contributed by atoms with E-state index < -0.39 is 0 Å². The highest BCUT2D eigenvalue weighted by molar-refractivity contribution is 5.76. The molecule has 1 aliphatic carbocycles. The smallest absolute Gasteiger partial charge is 0.152 e. The first-order valence-corrected chi connectivity index (χ1v) is 10.7. The van der Waals surface area contributed by atoms with Gasteiger partial charge in [0.05, 0.1) is 36.3 Å². The second-order valence-corrected chi connectivity index (χ2v) is 7.91. The van der Waals surface area contributed by atoms with E-state index in [0.717, 1.165) is 59.0 Å². The Kier molecular flexibility index (Phi) is 6.04. The van der Waals surface area contributed by atoms with Gasteiger partial charge in [0.1, 0.15) is 11.4 Å². The van der Waals surface area contributed by atoms with Crippen molar-refractivity contribution in [2.45, 2.75) is 52.2 Å². The number of methoxy groups -OCH3 is 1. The van der Waals surface area contributed by atoms with Crippen molar-refractivity contribution in [3.8, 4) is 22.7 Å². The largest absolute Gasteiger partial charge is 0.496 e. The number of aliphatic hydroxyl groups is 1. The number of benzene rings is 1. The fourth-order valence-corrected chi connectivity index (χ4v) is 4.01. The molecule has 3 aromatic rings. The van der Waals surface area contributed by atoms with Gasteiger partial charge in [0.25, 0.3) is 0 Å². The molecule has 2 atom stereocenters. The maximum absolute atomic E-state index is 10.3. The van der Waals surface area contributed by atoms with E-state index in [0.29, 0.717) is 5.75 Å². The van der Waals surface area contributed by atoms with Crippen molar-refractivity contribution in [1.29, 1.82) is 0 Å². The molecule has 1 fully saturated rings. The van der Waals surface area contributed by atoms with Crippen molar-refractivity contribution in [2.24, 2.45) is 0 Å². The molecule has 31 heavy (non-hydrogen) atoms. The Labute approximate surface area is 182 Å². The maximum atomic E-state index is 10.3. The predicted octanol–water partition coefficient (Wildman–Crippen LogP) is 4.39. The van der Waals surface area contributed by atoms with Crippen LogP contribution < -0.4 is 10.1 Å². The monoisotopic (exact) mass is 419 g/mol. The Morgan fingerprint density at radius 2 is 2.13 bits per heavy atom. The number of rotatable bonds is 6. The molecule has 4 rings (SSSR count). The Bertz CT molecular complexity index is 1090. The maximum Gasteiger partial charge on any atom is 0.152 e. The van der Waals surface area contributed by atoms with E-state index in [9.17, 15) is 5.11 Å². The third-order valence-corrected chi connectivity index (χ3v) is 5.89. The van der Waals surface area contributed by atoms with Crippen LogP contribution in [0.3, 0.4) is 0 Å². The van der Waals surface area contributed by atoms with Crippen molar-refractivity contribution in [1.82, 2.24) is 19.7 Å². The van der Waals surface area contributed by atoms with E-state index in [1.165, 1.54) is 0 Å². The number of ether oxygens (including phenoxy) is 1. The Balaban J connectivity index is 1.78. The van der Waals surface area contributed by atoms with E-state index in [2.05, 4.69) is 10.4 Å². The van der Waals surface area contributed by atoms with Crippen molar-refractivity contribution in [3.63, 3.8) is 0 Å². The van der Waals surface area contributed by atoms with Crippen LogP contribution in [0.25, 0.3) is 22.5 Å². The van der Waals surface area contributed by atoms with Gasteiger partial charge >= 0.3 is 0 Å². The summed E-state index contributed by atoms with van der Waals surface area (Å²) < 4.78 is 7.49. The standard InChI is InChI=1S/C24H29N5O2/c1-5-15(2)22-24(27-19-8-6-9-20(19)30)26-16(3)23(28-22)18-11-10-17(14-21(18)31-4)29-13-7-12-25-29/h5,7,10-14,19-20,30H,6,8-9H2,1-4H3,(H,26,27)/b15-5-/t19-,20-/m0/s1. The highest BCUT2D eigenvalue weighted by atomic mass is 16.5. The van der Waals surface area contributed by atoms with Crippen LogP contribution in [0.15, 0.2) is 42.7 Å². The number of nitrogens with zero attached hydrogens (tertiary/aromatic N) is 4. The van der Waals surface area contributed by atoms with Crippen LogP contribution in [0.2, 0.25) is 0 Å². The molecule has 2 aromatic heterocycles. The molecule has 1 aliphatic rings. The lowest BCUT2D eigenvalue weighted by atomic mass is 10.1. The van der Waals surface area contributed by atoms with Crippen LogP contribution in [-0.2, 0) is 0 Å². The number of nitrogens with one attached hydrogen (secondary N) is 1. The van der Waals surface area contributed by atoms with Gasteiger partial charge in [0, 0.05) is 24.0 Å². The number of hydrogen-bond donors (Lipinski definition) is 2. The van der Waals surface area contributed by atoms with Gasteiger partial charge < -0.3 is 15.2 Å². The molecule has 162 valence electrons. The molecule has 0 spiro atoms. The third kappa shape index (κ3) is 4.18. The average molecular weight is 420 g/mol. The first kappa shape index (κ1) is 21.1. The normalized spacial score (nSPS) is 18.9. The lowest BCUT2D eigenvalue weighted by molar-refractivity contribution is 0.171. The van der Waals surface area contributed by atoms with Crippen LogP contribution in [-0.4, -0.2) is 44.1 Å². The van der Waals surface area contributed by atoms with Crippen LogP contribution in [0.4, 0.5) is 5.82 Å². The van der Waals surface area contributed by atoms with Crippen LogP contribution in [0, 0.1) is 6.92 Å². The van der Waals surface area contributed by atoms with E-state index in [-0.39, 0.29) is 12.1 Å². The molecule has 0 unspecified atom stereocenters. The predicted molar refractivity (Wildman–Crippen MR) is 122 cm³/mol. The van der Waals surface area contributed by atoms with Gasteiger partial charge in [-0.15, -0.1) is 0 Å². The highest BCUT2D eigenvalue weighted by Crippen LogP contribution is 2.35. The first-order valence-electron chi connectivity index (χ1n) is 10.7. The van der Waals surface area contributed by atoms with Crippen molar-refractivity contribution < 1.29 is 9.84 Å². The van der Waals surface area contributed by atoms with Crippen LogP contribution in [0.1, 0.15) is 44.5 Å². The fourth-order valence-electron chi connectivity index (χ4n) is 4.01. The zero-order valence-corrected chi connectivity index (χ0v) is 18.5. The Hall–Kier alpha value is -3.19. The molecule has 2 N–H and O–H groups in total. The van der Waals surface area contributed by atoms with Gasteiger partial charge in [-0.05, 0) is 63.8 Å². The molecule has 7 heteroatoms. The summed E-state index contributed by atoms with van der Waals surface area (Å²) in [4.78, 5) is 9.87. The zero-order chi connectivity index (χ0) is 22.0. The Morgan fingerprint density at radius 3 is 2.77 bits per heavy atom. The van der Waals surface area contributed by atoms with Crippen molar-refractivity contribution in [3.05, 3.63) is 54.1 Å². The topological polar surface area (TPSA) is 85.1 Å². The molecule has 1 saturated carbocycles. The van der Waals surface area contributed by atoms with E-state index in [1.807, 2.05) is 57.3 Å². The van der Waals surface area contributed by atoms with Gasteiger partial charge in [-0.1, -0.05) is 6.08 Å². The second kappa shape index (κ2) is 8.89. The number of aliphatic hydroxyl groups excluding tert-OH is 1. The summed E-state index contributed by atoms with van der Waals surface area (Å²) in [6, 6.07) is 7.83. The summed E-state index contributed by atoms with van der Waals surface area (Å²) in [5.74, 6) is 1.43. The summed E-state index contributed by atoms with van der Waals surface area (Å²) in [6.45, 7) is 5.97. The third-order valence-electron chi connectivity index (χ3n) is 5.89.